The van der Waals surface area contributed by atoms with Crippen molar-refractivity contribution in [3.05, 3.63) is 23.5 Å². The number of hydrogen-bond donors (Lipinski definition) is 0. The molecule has 8 aliphatic rings. The lowest BCUT2D eigenvalue weighted by Gasteiger charge is -2.39. The van der Waals surface area contributed by atoms with Crippen LogP contribution in [0.4, 0.5) is 10.3 Å². The summed E-state index contributed by atoms with van der Waals surface area (Å²) in [5.41, 5.74) is 1.50. The average Bonchev–Trinajstić information content (AvgIpc) is 3.92. The van der Waals surface area contributed by atoms with E-state index in [4.69, 9.17) is 29.4 Å². The Labute approximate surface area is 334 Å². The van der Waals surface area contributed by atoms with Gasteiger partial charge in [0.25, 0.3) is 0 Å². The van der Waals surface area contributed by atoms with E-state index in [1.165, 1.54) is 48.4 Å². The van der Waals surface area contributed by atoms with Crippen molar-refractivity contribution in [2.45, 2.75) is 116 Å². The van der Waals surface area contributed by atoms with E-state index in [9.17, 15) is 19.2 Å². The monoisotopic (exact) mass is 790 g/mol. The Balaban J connectivity index is 0.924. The smallest absolute Gasteiger partial charge is 0.210 e. The summed E-state index contributed by atoms with van der Waals surface area (Å²) in [6, 6.07) is 3.94. The van der Waals surface area contributed by atoms with E-state index < -0.39 is 11.2 Å². The number of aliphatic imine (C=N–C) groups is 2. The van der Waals surface area contributed by atoms with Crippen molar-refractivity contribution in [2.24, 2.45) is 57.3 Å². The number of fused-ring (bicyclic) bond motifs is 10. The van der Waals surface area contributed by atoms with Gasteiger partial charge in [0.2, 0.25) is 10.3 Å². The quantitative estimate of drug-likeness (QED) is 0.251. The summed E-state index contributed by atoms with van der Waals surface area (Å²) >= 11 is 2.74. The molecular formula is C44H46N4O6S2. The molecule has 12 heteroatoms. The molecule has 4 heterocycles. The van der Waals surface area contributed by atoms with Crippen molar-refractivity contribution in [1.29, 1.82) is 0 Å². The highest BCUT2D eigenvalue weighted by Crippen LogP contribution is 2.57. The number of carbonyl (C=O) groups excluding carboxylic acids is 4. The highest BCUT2D eigenvalue weighted by molar-refractivity contribution is 7.19. The van der Waals surface area contributed by atoms with Crippen molar-refractivity contribution < 1.29 is 28.7 Å². The molecule has 1 aromatic carbocycles. The predicted molar refractivity (Wildman–Crippen MR) is 214 cm³/mol. The van der Waals surface area contributed by atoms with Crippen molar-refractivity contribution in [3.8, 4) is 32.4 Å². The van der Waals surface area contributed by atoms with Crippen LogP contribution in [0.2, 0.25) is 0 Å². The zero-order chi connectivity index (χ0) is 38.4. The molecule has 2 aromatic heterocycles. The summed E-state index contributed by atoms with van der Waals surface area (Å²) in [6.45, 7) is 7.84. The van der Waals surface area contributed by atoms with Crippen LogP contribution in [0.15, 0.2) is 22.1 Å². The van der Waals surface area contributed by atoms with Crippen LogP contribution in [0.1, 0.15) is 116 Å². The van der Waals surface area contributed by atoms with Crippen LogP contribution in [0.3, 0.4) is 0 Å². The van der Waals surface area contributed by atoms with Gasteiger partial charge in [0.05, 0.1) is 9.75 Å². The molecule has 290 valence electrons. The number of ether oxygens (including phenoxy) is 2. The molecule has 8 unspecified atom stereocenters. The van der Waals surface area contributed by atoms with Crippen molar-refractivity contribution in [1.82, 2.24) is 9.97 Å². The molecule has 6 aliphatic carbocycles. The van der Waals surface area contributed by atoms with Gasteiger partial charge >= 0.3 is 0 Å². The molecule has 2 aliphatic heterocycles. The summed E-state index contributed by atoms with van der Waals surface area (Å²) < 4.78 is 13.3. The van der Waals surface area contributed by atoms with Gasteiger partial charge in [-0.05, 0) is 89.2 Å². The van der Waals surface area contributed by atoms with Crippen LogP contribution in [0.25, 0.3) is 20.9 Å². The van der Waals surface area contributed by atoms with E-state index in [2.05, 4.69) is 0 Å². The molecule has 0 saturated heterocycles. The van der Waals surface area contributed by atoms with Gasteiger partial charge in [-0.25, -0.2) is 20.0 Å². The first kappa shape index (κ1) is 35.3. The Morgan fingerprint density at radius 2 is 0.875 bits per heavy atom. The number of benzene rings is 1. The molecule has 11 rings (SSSR count). The normalized spacial score (nSPS) is 33.1. The van der Waals surface area contributed by atoms with Crippen LogP contribution >= 0.6 is 22.7 Å². The molecule has 0 bridgehead atoms. The predicted octanol–water partition coefficient (Wildman–Crippen LogP) is 9.30. The molecule has 0 amide bonds. The number of rotatable bonds is 2. The van der Waals surface area contributed by atoms with Crippen molar-refractivity contribution in [2.75, 3.05) is 0 Å². The number of Topliss-reactive ketones (excluding diaryl/α,β-unsaturated/α-hetero) is 4. The lowest BCUT2D eigenvalue weighted by molar-refractivity contribution is -0.123. The first-order valence-corrected chi connectivity index (χ1v) is 22.4. The van der Waals surface area contributed by atoms with Gasteiger partial charge in [0.15, 0.2) is 34.6 Å². The Morgan fingerprint density at radius 1 is 0.554 bits per heavy atom. The minimum absolute atomic E-state index is 0.0640. The fourth-order valence-electron chi connectivity index (χ4n) is 11.9. The molecule has 10 nitrogen and oxygen atoms in total. The average molecular weight is 791 g/mol. The van der Waals surface area contributed by atoms with Crippen molar-refractivity contribution in [3.63, 3.8) is 0 Å². The Kier molecular flexibility index (Phi) is 7.75. The fourth-order valence-corrected chi connectivity index (χ4v) is 14.1. The minimum Gasteiger partial charge on any atom is -0.481 e. The highest BCUT2D eigenvalue weighted by Gasteiger charge is 2.54. The molecule has 6 saturated carbocycles. The van der Waals surface area contributed by atoms with Gasteiger partial charge in [-0.1, -0.05) is 74.0 Å². The van der Waals surface area contributed by atoms with E-state index in [1.807, 2.05) is 39.8 Å². The maximum atomic E-state index is 13.7. The second kappa shape index (κ2) is 12.3. The third-order valence-corrected chi connectivity index (χ3v) is 16.7. The van der Waals surface area contributed by atoms with Gasteiger partial charge < -0.3 is 9.47 Å². The first-order valence-electron chi connectivity index (χ1n) is 20.8. The van der Waals surface area contributed by atoms with Gasteiger partial charge in [-0.3, -0.25) is 19.2 Å². The standard InChI is InChI=1S/C44H46N4O6S2/c1-43(2)39-37(55-41(47-39)45-31-33(49)23-13-19-9-5-6-10-20(19)14-24(23)34(31)50)27-18-30-28(17-29(27)53-43)38-40(44(3,4)54-30)48-42(56-38)46-32-35(51)25-15-21-11-7-8-12-22(21)16-26(25)36(32)52/h17-26H,5-16H2,1-4H3. The lowest BCUT2D eigenvalue weighted by Crippen LogP contribution is -2.35. The van der Waals surface area contributed by atoms with Crippen LogP contribution in [0.5, 0.6) is 11.5 Å². The van der Waals surface area contributed by atoms with Gasteiger partial charge in [0.1, 0.15) is 34.1 Å². The summed E-state index contributed by atoms with van der Waals surface area (Å²) in [4.78, 5) is 75.7. The molecular weight excluding hydrogens is 745 g/mol. The Bertz CT molecular complexity index is 2120. The van der Waals surface area contributed by atoms with Crippen LogP contribution in [-0.4, -0.2) is 44.5 Å². The van der Waals surface area contributed by atoms with Crippen LogP contribution < -0.4 is 9.47 Å². The Hall–Kier alpha value is -3.90. The zero-order valence-electron chi connectivity index (χ0n) is 32.3. The topological polar surface area (TPSA) is 137 Å². The maximum absolute atomic E-state index is 13.7. The van der Waals surface area contributed by atoms with Crippen molar-refractivity contribution >= 4 is 67.5 Å². The summed E-state index contributed by atoms with van der Waals surface area (Å²) in [7, 11) is 0. The fraction of sp³-hybridized carbons (Fsp3) is 0.591. The second-order valence-corrected chi connectivity index (χ2v) is 20.7. The van der Waals surface area contributed by atoms with Crippen LogP contribution in [0, 0.1) is 47.3 Å². The summed E-state index contributed by atoms with van der Waals surface area (Å²) in [5.74, 6) is 2.00. The summed E-state index contributed by atoms with van der Waals surface area (Å²) in [6.07, 6.45) is 12.7. The first-order chi connectivity index (χ1) is 26.8. The number of carbonyl (C=O) groups is 4. The third kappa shape index (κ3) is 5.22. The van der Waals surface area contributed by atoms with Gasteiger partial charge in [-0.15, -0.1) is 0 Å². The molecule has 0 radical (unpaired) electrons. The van der Waals surface area contributed by atoms with E-state index in [0.717, 1.165) is 72.2 Å². The Morgan fingerprint density at radius 3 is 1.20 bits per heavy atom. The number of hydrogen-bond acceptors (Lipinski definition) is 12. The molecule has 0 N–H and O–H groups in total. The summed E-state index contributed by atoms with van der Waals surface area (Å²) in [5, 5.41) is 0.767. The molecule has 0 spiro atoms. The molecule has 56 heavy (non-hydrogen) atoms. The highest BCUT2D eigenvalue weighted by atomic mass is 32.1. The number of nitrogens with zero attached hydrogens (tertiary/aromatic N) is 4. The number of ketones is 4. The van der Waals surface area contributed by atoms with Gasteiger partial charge in [0, 0.05) is 34.8 Å². The number of aromatic nitrogens is 2. The largest absolute Gasteiger partial charge is 0.481 e. The minimum atomic E-state index is -0.821. The second-order valence-electron chi connectivity index (χ2n) is 18.8. The molecule has 6 fully saturated rings. The third-order valence-electron chi connectivity index (χ3n) is 14.7. The van der Waals surface area contributed by atoms with E-state index >= 15 is 0 Å². The zero-order valence-corrected chi connectivity index (χ0v) is 33.9. The molecule has 8 atom stereocenters. The lowest BCUT2D eigenvalue weighted by atomic mass is 9.64. The van der Waals surface area contributed by atoms with Gasteiger partial charge in [-0.2, -0.15) is 0 Å². The SMILES string of the molecule is CC1(C)Oc2cc3c(cc2-c2sc(N=C4C(=O)C5CC6CCCCC6CC5C4=O)nc21)OC(C)(C)c1nc(N=C2C(=O)C4CC5CCCCC5CC4C2=O)sc1-3. The van der Waals surface area contributed by atoms with E-state index in [1.54, 1.807) is 0 Å². The van der Waals surface area contributed by atoms with Crippen LogP contribution in [-0.2, 0) is 30.4 Å². The maximum Gasteiger partial charge on any atom is 0.210 e. The van der Waals surface area contributed by atoms with E-state index in [0.29, 0.717) is 56.8 Å². The van der Waals surface area contributed by atoms with E-state index in [-0.39, 0.29) is 58.2 Å². The molecule has 3 aromatic rings. The number of thiazole rings is 2.